The van der Waals surface area contributed by atoms with Crippen LogP contribution in [0.4, 0.5) is 0 Å². The Kier molecular flexibility index (Phi) is 3.08. The second-order valence-electron chi connectivity index (χ2n) is 3.10. The van der Waals surface area contributed by atoms with Crippen LogP contribution in [0.5, 0.6) is 0 Å². The molecule has 0 spiro atoms. The first-order valence-electron chi connectivity index (χ1n) is 4.13. The van der Waals surface area contributed by atoms with Gasteiger partial charge in [0.05, 0.1) is 4.90 Å². The topological polar surface area (TPSA) is 60.2 Å². The van der Waals surface area contributed by atoms with Crippen molar-refractivity contribution in [1.82, 2.24) is 0 Å². The molecule has 0 atom stereocenters. The average molecular weight is 211 g/mol. The maximum Gasteiger partial charge on any atom is 0.175 e. The van der Waals surface area contributed by atoms with Crippen LogP contribution in [0.2, 0.25) is 0 Å². The highest BCUT2D eigenvalue weighted by atomic mass is 32.2. The Bertz CT molecular complexity index is 432. The van der Waals surface area contributed by atoms with Gasteiger partial charge in [0.15, 0.2) is 9.84 Å². The van der Waals surface area contributed by atoms with Crippen molar-refractivity contribution < 1.29 is 8.42 Å². The molecule has 14 heavy (non-hydrogen) atoms. The first-order valence-corrected chi connectivity index (χ1v) is 6.02. The van der Waals surface area contributed by atoms with Crippen LogP contribution < -0.4 is 5.73 Å². The summed E-state index contributed by atoms with van der Waals surface area (Å²) >= 11 is 0. The van der Waals surface area contributed by atoms with Crippen LogP contribution in [0.25, 0.3) is 5.57 Å². The van der Waals surface area contributed by atoms with E-state index in [2.05, 4.69) is 6.58 Å². The van der Waals surface area contributed by atoms with Crippen molar-refractivity contribution in [3.8, 4) is 0 Å². The van der Waals surface area contributed by atoms with Crippen molar-refractivity contribution in [2.75, 3.05) is 12.8 Å². The fourth-order valence-electron chi connectivity index (χ4n) is 1.06. The van der Waals surface area contributed by atoms with Gasteiger partial charge in [0.1, 0.15) is 0 Å². The van der Waals surface area contributed by atoms with E-state index in [1.54, 1.807) is 24.3 Å². The molecule has 0 saturated heterocycles. The van der Waals surface area contributed by atoms with Gasteiger partial charge in [-0.25, -0.2) is 8.42 Å². The maximum atomic E-state index is 11.1. The Labute approximate surface area is 84.2 Å². The zero-order valence-corrected chi connectivity index (χ0v) is 8.84. The molecule has 0 bridgehead atoms. The van der Waals surface area contributed by atoms with Crippen LogP contribution in [0.15, 0.2) is 35.7 Å². The fraction of sp³-hybridized carbons (Fsp3) is 0.200. The third-order valence-corrected chi connectivity index (χ3v) is 3.07. The smallest absolute Gasteiger partial charge is 0.175 e. The highest BCUT2D eigenvalue weighted by Crippen LogP contribution is 2.15. The molecule has 3 nitrogen and oxygen atoms in total. The Balaban J connectivity index is 3.07. The summed E-state index contributed by atoms with van der Waals surface area (Å²) in [5.74, 6) is 0. The van der Waals surface area contributed by atoms with Gasteiger partial charge in [0.2, 0.25) is 0 Å². The summed E-state index contributed by atoms with van der Waals surface area (Å²) < 4.78 is 22.3. The lowest BCUT2D eigenvalue weighted by Crippen LogP contribution is -2.02. The van der Waals surface area contributed by atoms with E-state index in [1.165, 1.54) is 6.26 Å². The molecule has 0 saturated carbocycles. The molecular formula is C10H13NO2S. The number of rotatable bonds is 3. The van der Waals surface area contributed by atoms with E-state index in [0.717, 1.165) is 11.1 Å². The van der Waals surface area contributed by atoms with Gasteiger partial charge >= 0.3 is 0 Å². The zero-order chi connectivity index (χ0) is 10.8. The molecule has 0 aliphatic carbocycles. The van der Waals surface area contributed by atoms with Crippen molar-refractivity contribution in [1.29, 1.82) is 0 Å². The molecule has 1 rings (SSSR count). The summed E-state index contributed by atoms with van der Waals surface area (Å²) in [4.78, 5) is 0.311. The first-order chi connectivity index (χ1) is 6.45. The number of hydrogen-bond donors (Lipinski definition) is 1. The van der Waals surface area contributed by atoms with Gasteiger partial charge < -0.3 is 5.73 Å². The second-order valence-corrected chi connectivity index (χ2v) is 5.12. The molecule has 1 aromatic rings. The number of nitrogens with two attached hydrogens (primary N) is 1. The Morgan fingerprint density at radius 2 is 1.86 bits per heavy atom. The van der Waals surface area contributed by atoms with Crippen LogP contribution in [0, 0.1) is 0 Å². The predicted octanol–water partition coefficient (Wildman–Crippen LogP) is 1.06. The van der Waals surface area contributed by atoms with E-state index in [1.807, 2.05) is 0 Å². The van der Waals surface area contributed by atoms with E-state index in [4.69, 9.17) is 5.73 Å². The highest BCUT2D eigenvalue weighted by molar-refractivity contribution is 7.90. The molecule has 76 valence electrons. The number of benzene rings is 1. The van der Waals surface area contributed by atoms with Gasteiger partial charge in [-0.05, 0) is 23.3 Å². The number of sulfone groups is 1. The van der Waals surface area contributed by atoms with Gasteiger partial charge in [-0.2, -0.15) is 0 Å². The molecule has 0 aliphatic rings. The summed E-state index contributed by atoms with van der Waals surface area (Å²) in [6.45, 7) is 4.13. The third-order valence-electron chi connectivity index (χ3n) is 1.94. The second kappa shape index (κ2) is 3.94. The Hall–Kier alpha value is -1.13. The van der Waals surface area contributed by atoms with Gasteiger partial charge in [0, 0.05) is 12.8 Å². The van der Waals surface area contributed by atoms with E-state index < -0.39 is 9.84 Å². The zero-order valence-electron chi connectivity index (χ0n) is 8.03. The number of hydrogen-bond acceptors (Lipinski definition) is 3. The lowest BCUT2D eigenvalue weighted by molar-refractivity contribution is 0.602. The minimum atomic E-state index is -3.11. The fourth-order valence-corrected chi connectivity index (χ4v) is 1.69. The van der Waals surface area contributed by atoms with Crippen molar-refractivity contribution in [2.45, 2.75) is 4.90 Å². The molecule has 4 heteroatoms. The lowest BCUT2D eigenvalue weighted by atomic mass is 10.1. The molecule has 0 amide bonds. The van der Waals surface area contributed by atoms with Crippen LogP contribution >= 0.6 is 0 Å². The van der Waals surface area contributed by atoms with Crippen LogP contribution in [0.1, 0.15) is 5.56 Å². The lowest BCUT2D eigenvalue weighted by Gasteiger charge is -2.03. The molecule has 1 aromatic carbocycles. The van der Waals surface area contributed by atoms with E-state index in [0.29, 0.717) is 11.4 Å². The van der Waals surface area contributed by atoms with Gasteiger partial charge in [-0.3, -0.25) is 0 Å². The molecule has 0 heterocycles. The highest BCUT2D eigenvalue weighted by Gasteiger charge is 2.06. The molecule has 0 unspecified atom stereocenters. The normalized spacial score (nSPS) is 11.3. The molecule has 0 aliphatic heterocycles. The summed E-state index contributed by atoms with van der Waals surface area (Å²) in [5, 5.41) is 0. The monoisotopic (exact) mass is 211 g/mol. The third kappa shape index (κ3) is 2.43. The van der Waals surface area contributed by atoms with E-state index in [-0.39, 0.29) is 0 Å². The Morgan fingerprint density at radius 1 is 1.36 bits per heavy atom. The molecular weight excluding hydrogens is 198 g/mol. The minimum Gasteiger partial charge on any atom is -0.326 e. The van der Waals surface area contributed by atoms with Crippen LogP contribution in [-0.4, -0.2) is 21.2 Å². The SMILES string of the molecule is C=C(CN)c1ccc(S(C)(=O)=O)cc1. The summed E-state index contributed by atoms with van der Waals surface area (Å²) in [6.07, 6.45) is 1.18. The molecule has 0 aromatic heterocycles. The summed E-state index contributed by atoms with van der Waals surface area (Å²) in [5.41, 5.74) is 7.08. The molecule has 0 fully saturated rings. The standard InChI is InChI=1S/C10H13NO2S/c1-8(7-11)9-3-5-10(6-4-9)14(2,12)13/h3-6H,1,7,11H2,2H3. The van der Waals surface area contributed by atoms with Crippen molar-refractivity contribution in [3.63, 3.8) is 0 Å². The summed E-state index contributed by atoms with van der Waals surface area (Å²) in [6, 6.07) is 6.55. The van der Waals surface area contributed by atoms with E-state index >= 15 is 0 Å². The van der Waals surface area contributed by atoms with Crippen molar-refractivity contribution in [3.05, 3.63) is 36.4 Å². The molecule has 2 N–H and O–H groups in total. The van der Waals surface area contributed by atoms with Crippen LogP contribution in [0.3, 0.4) is 0 Å². The van der Waals surface area contributed by atoms with E-state index in [9.17, 15) is 8.42 Å². The quantitative estimate of drug-likeness (QED) is 0.813. The van der Waals surface area contributed by atoms with Gasteiger partial charge in [-0.1, -0.05) is 18.7 Å². The van der Waals surface area contributed by atoms with Gasteiger partial charge in [-0.15, -0.1) is 0 Å². The minimum absolute atomic E-state index is 0.311. The van der Waals surface area contributed by atoms with Crippen molar-refractivity contribution >= 4 is 15.4 Å². The van der Waals surface area contributed by atoms with Gasteiger partial charge in [0.25, 0.3) is 0 Å². The summed E-state index contributed by atoms with van der Waals surface area (Å²) in [7, 11) is -3.11. The maximum absolute atomic E-state index is 11.1. The molecule has 0 radical (unpaired) electrons. The van der Waals surface area contributed by atoms with Crippen molar-refractivity contribution in [2.24, 2.45) is 5.73 Å². The predicted molar refractivity (Wildman–Crippen MR) is 57.6 cm³/mol. The first kappa shape index (κ1) is 10.9. The van der Waals surface area contributed by atoms with Crippen LogP contribution in [-0.2, 0) is 9.84 Å². The Morgan fingerprint density at radius 3 is 2.21 bits per heavy atom. The largest absolute Gasteiger partial charge is 0.326 e. The average Bonchev–Trinajstić information content (AvgIpc) is 2.15.